The van der Waals surface area contributed by atoms with Crippen LogP contribution in [0, 0.1) is 5.41 Å². The summed E-state index contributed by atoms with van der Waals surface area (Å²) in [4.78, 5) is 21.3. The Bertz CT molecular complexity index is 505. The Morgan fingerprint density at radius 2 is 2.10 bits per heavy atom. The zero-order valence-corrected chi connectivity index (χ0v) is 13.9. The molecule has 0 radical (unpaired) electrons. The fourth-order valence-corrected chi connectivity index (χ4v) is 3.31. The van der Waals surface area contributed by atoms with Gasteiger partial charge in [0.1, 0.15) is 5.82 Å². The third-order valence-electron chi connectivity index (χ3n) is 4.49. The summed E-state index contributed by atoms with van der Waals surface area (Å²) in [6, 6.07) is 4.02. The SMILES string of the molecule is CC1(C(=O)N2CCN(c3ccc(Br)cn3)CC2)CCNC1. The molecular weight excluding hydrogens is 332 g/mol. The Morgan fingerprint density at radius 3 is 2.67 bits per heavy atom. The topological polar surface area (TPSA) is 48.5 Å². The van der Waals surface area contributed by atoms with E-state index in [1.54, 1.807) is 0 Å². The molecule has 1 unspecified atom stereocenters. The van der Waals surface area contributed by atoms with Crippen LogP contribution in [0.2, 0.25) is 0 Å². The van der Waals surface area contributed by atoms with Crippen molar-refractivity contribution in [3.8, 4) is 0 Å². The second-order valence-electron chi connectivity index (χ2n) is 6.10. The van der Waals surface area contributed by atoms with E-state index in [0.29, 0.717) is 5.91 Å². The molecule has 114 valence electrons. The maximum Gasteiger partial charge on any atom is 0.229 e. The highest BCUT2D eigenvalue weighted by molar-refractivity contribution is 9.10. The summed E-state index contributed by atoms with van der Waals surface area (Å²) in [6.07, 6.45) is 2.76. The number of hydrogen-bond acceptors (Lipinski definition) is 4. The van der Waals surface area contributed by atoms with E-state index < -0.39 is 0 Å². The van der Waals surface area contributed by atoms with Gasteiger partial charge >= 0.3 is 0 Å². The largest absolute Gasteiger partial charge is 0.353 e. The van der Waals surface area contributed by atoms with Gasteiger partial charge in [-0.1, -0.05) is 0 Å². The van der Waals surface area contributed by atoms with Gasteiger partial charge in [-0.05, 0) is 48.0 Å². The van der Waals surface area contributed by atoms with Crippen molar-refractivity contribution in [1.29, 1.82) is 0 Å². The lowest BCUT2D eigenvalue weighted by molar-refractivity contribution is -0.140. The molecule has 5 nitrogen and oxygen atoms in total. The first-order chi connectivity index (χ1) is 10.1. The van der Waals surface area contributed by atoms with Gasteiger partial charge in [-0.15, -0.1) is 0 Å². The predicted molar refractivity (Wildman–Crippen MR) is 86.3 cm³/mol. The van der Waals surface area contributed by atoms with E-state index in [1.807, 2.05) is 23.2 Å². The van der Waals surface area contributed by atoms with Crippen LogP contribution in [0.15, 0.2) is 22.8 Å². The third-order valence-corrected chi connectivity index (χ3v) is 4.96. The van der Waals surface area contributed by atoms with E-state index in [4.69, 9.17) is 0 Å². The van der Waals surface area contributed by atoms with Crippen molar-refractivity contribution >= 4 is 27.7 Å². The smallest absolute Gasteiger partial charge is 0.229 e. The van der Waals surface area contributed by atoms with E-state index in [0.717, 1.165) is 56.0 Å². The quantitative estimate of drug-likeness (QED) is 0.875. The second kappa shape index (κ2) is 5.93. The standard InChI is InChI=1S/C15H21BrN4O/c1-15(4-5-17-11-15)14(21)20-8-6-19(7-9-20)13-3-2-12(16)10-18-13/h2-3,10,17H,4-9,11H2,1H3. The first kappa shape index (κ1) is 14.8. The maximum absolute atomic E-state index is 12.7. The molecule has 2 fully saturated rings. The molecule has 6 heteroatoms. The molecular formula is C15H21BrN4O. The highest BCUT2D eigenvalue weighted by Gasteiger charge is 2.39. The highest BCUT2D eigenvalue weighted by Crippen LogP contribution is 2.28. The van der Waals surface area contributed by atoms with Crippen molar-refractivity contribution in [1.82, 2.24) is 15.2 Å². The molecule has 1 aromatic rings. The number of anilines is 1. The van der Waals surface area contributed by atoms with Crippen LogP contribution < -0.4 is 10.2 Å². The Labute approximate surface area is 133 Å². The molecule has 1 amide bonds. The molecule has 2 aliphatic heterocycles. The van der Waals surface area contributed by atoms with E-state index in [2.05, 4.69) is 38.1 Å². The number of hydrogen-bond donors (Lipinski definition) is 1. The normalized spacial score (nSPS) is 26.2. The van der Waals surface area contributed by atoms with Gasteiger partial charge in [0.15, 0.2) is 0 Å². The number of carbonyl (C=O) groups is 1. The maximum atomic E-state index is 12.7. The predicted octanol–water partition coefficient (Wildman–Crippen LogP) is 1.49. The van der Waals surface area contributed by atoms with Crippen LogP contribution in [-0.2, 0) is 4.79 Å². The summed E-state index contributed by atoms with van der Waals surface area (Å²) in [5.74, 6) is 1.29. The first-order valence-electron chi connectivity index (χ1n) is 7.45. The lowest BCUT2D eigenvalue weighted by atomic mass is 9.88. The summed E-state index contributed by atoms with van der Waals surface area (Å²) < 4.78 is 0.988. The minimum absolute atomic E-state index is 0.210. The number of carbonyl (C=O) groups excluding carboxylic acids is 1. The number of amides is 1. The lowest BCUT2D eigenvalue weighted by Crippen LogP contribution is -2.53. The first-order valence-corrected chi connectivity index (χ1v) is 8.24. The van der Waals surface area contributed by atoms with Gasteiger partial charge < -0.3 is 15.1 Å². The Kier molecular flexibility index (Phi) is 4.17. The van der Waals surface area contributed by atoms with Crippen LogP contribution in [0.3, 0.4) is 0 Å². The van der Waals surface area contributed by atoms with Gasteiger partial charge in [0.2, 0.25) is 5.91 Å². The van der Waals surface area contributed by atoms with Crippen molar-refractivity contribution < 1.29 is 4.79 Å². The molecule has 0 aromatic carbocycles. The number of piperazine rings is 1. The molecule has 0 spiro atoms. The van der Waals surface area contributed by atoms with Crippen LogP contribution in [0.1, 0.15) is 13.3 Å². The van der Waals surface area contributed by atoms with Crippen LogP contribution in [0.25, 0.3) is 0 Å². The third kappa shape index (κ3) is 3.06. The van der Waals surface area contributed by atoms with Crippen molar-refractivity contribution in [3.05, 3.63) is 22.8 Å². The van der Waals surface area contributed by atoms with Crippen LogP contribution >= 0.6 is 15.9 Å². The van der Waals surface area contributed by atoms with Crippen LogP contribution in [-0.4, -0.2) is 55.1 Å². The molecule has 1 atom stereocenters. The summed E-state index contributed by atoms with van der Waals surface area (Å²) in [5, 5.41) is 3.30. The Balaban J connectivity index is 1.60. The molecule has 2 saturated heterocycles. The van der Waals surface area contributed by atoms with Crippen molar-refractivity contribution in [2.45, 2.75) is 13.3 Å². The van der Waals surface area contributed by atoms with Gasteiger partial charge in [0.05, 0.1) is 5.41 Å². The molecule has 0 bridgehead atoms. The second-order valence-corrected chi connectivity index (χ2v) is 7.02. The summed E-state index contributed by atoms with van der Waals surface area (Å²) in [5.41, 5.74) is -0.210. The van der Waals surface area contributed by atoms with Gasteiger partial charge in [0, 0.05) is 43.4 Å². The van der Waals surface area contributed by atoms with Crippen LogP contribution in [0.5, 0.6) is 0 Å². The van der Waals surface area contributed by atoms with Crippen molar-refractivity contribution in [2.75, 3.05) is 44.2 Å². The van der Waals surface area contributed by atoms with Gasteiger partial charge in [-0.2, -0.15) is 0 Å². The van der Waals surface area contributed by atoms with Gasteiger partial charge in [-0.3, -0.25) is 4.79 Å². The Hall–Kier alpha value is -1.14. The average molecular weight is 353 g/mol. The van der Waals surface area contributed by atoms with E-state index in [-0.39, 0.29) is 5.41 Å². The zero-order valence-electron chi connectivity index (χ0n) is 12.3. The number of aromatic nitrogens is 1. The molecule has 21 heavy (non-hydrogen) atoms. The summed E-state index contributed by atoms with van der Waals surface area (Å²) >= 11 is 3.40. The summed E-state index contributed by atoms with van der Waals surface area (Å²) in [7, 11) is 0. The average Bonchev–Trinajstić information content (AvgIpc) is 2.96. The number of pyridine rings is 1. The van der Waals surface area contributed by atoms with Gasteiger partial charge in [0.25, 0.3) is 0 Å². The van der Waals surface area contributed by atoms with Crippen molar-refractivity contribution in [2.24, 2.45) is 5.41 Å². The number of nitrogens with zero attached hydrogens (tertiary/aromatic N) is 3. The van der Waals surface area contributed by atoms with E-state index >= 15 is 0 Å². The van der Waals surface area contributed by atoms with E-state index in [1.165, 1.54) is 0 Å². The fourth-order valence-electron chi connectivity index (χ4n) is 3.07. The molecule has 1 N–H and O–H groups in total. The minimum Gasteiger partial charge on any atom is -0.353 e. The molecule has 2 aliphatic rings. The Morgan fingerprint density at radius 1 is 1.33 bits per heavy atom. The van der Waals surface area contributed by atoms with Crippen LogP contribution in [0.4, 0.5) is 5.82 Å². The molecule has 3 heterocycles. The van der Waals surface area contributed by atoms with Crippen molar-refractivity contribution in [3.63, 3.8) is 0 Å². The number of halogens is 1. The minimum atomic E-state index is -0.210. The lowest BCUT2D eigenvalue weighted by Gasteiger charge is -2.38. The monoisotopic (exact) mass is 352 g/mol. The van der Waals surface area contributed by atoms with E-state index in [9.17, 15) is 4.79 Å². The molecule has 1 aromatic heterocycles. The highest BCUT2D eigenvalue weighted by atomic mass is 79.9. The molecule has 0 saturated carbocycles. The fraction of sp³-hybridized carbons (Fsp3) is 0.600. The zero-order chi connectivity index (χ0) is 14.9. The number of nitrogens with one attached hydrogen (secondary N) is 1. The molecule has 0 aliphatic carbocycles. The van der Waals surface area contributed by atoms with Gasteiger partial charge in [-0.25, -0.2) is 4.98 Å². The molecule has 3 rings (SSSR count). The summed E-state index contributed by atoms with van der Waals surface area (Å²) in [6.45, 7) is 7.11. The number of rotatable bonds is 2.